The minimum atomic E-state index is -0.249. The summed E-state index contributed by atoms with van der Waals surface area (Å²) in [6, 6.07) is 6.66. The van der Waals surface area contributed by atoms with Crippen LogP contribution in [0.15, 0.2) is 35.6 Å². The maximum atomic E-state index is 13.9. The highest BCUT2D eigenvalue weighted by molar-refractivity contribution is 7.98. The van der Waals surface area contributed by atoms with Gasteiger partial charge in [-0.3, -0.25) is 4.79 Å². The van der Waals surface area contributed by atoms with Gasteiger partial charge in [0.2, 0.25) is 0 Å². The van der Waals surface area contributed by atoms with E-state index < -0.39 is 0 Å². The standard InChI is InChI=1S/C16H16ClFN4OS/c1-24-16-19-10-11(17)14(20-16)15(23)22-8-6-21(7-9-22)13-5-3-2-4-12(13)18/h2-5,10H,6-9H2,1H3. The van der Waals surface area contributed by atoms with Gasteiger partial charge < -0.3 is 9.80 Å². The molecular formula is C16H16ClFN4OS. The van der Waals surface area contributed by atoms with Gasteiger partial charge in [-0.25, -0.2) is 14.4 Å². The normalized spacial score (nSPS) is 14.8. The Hall–Kier alpha value is -1.86. The topological polar surface area (TPSA) is 49.3 Å². The zero-order valence-electron chi connectivity index (χ0n) is 13.1. The fourth-order valence-electron chi connectivity index (χ4n) is 2.61. The van der Waals surface area contributed by atoms with Gasteiger partial charge in [-0.2, -0.15) is 0 Å². The summed E-state index contributed by atoms with van der Waals surface area (Å²) in [5.74, 6) is -0.466. The molecule has 0 radical (unpaired) electrons. The predicted octanol–water partition coefficient (Wildman–Crippen LogP) is 2.95. The molecule has 8 heteroatoms. The third kappa shape index (κ3) is 3.47. The van der Waals surface area contributed by atoms with Crippen molar-refractivity contribution in [3.8, 4) is 0 Å². The number of hydrogen-bond acceptors (Lipinski definition) is 5. The first-order valence-corrected chi connectivity index (χ1v) is 9.05. The molecule has 0 saturated carbocycles. The van der Waals surface area contributed by atoms with Crippen LogP contribution in [0.25, 0.3) is 0 Å². The van der Waals surface area contributed by atoms with Crippen LogP contribution in [0.2, 0.25) is 5.02 Å². The Bertz CT molecular complexity index is 753. The predicted molar refractivity (Wildman–Crippen MR) is 93.3 cm³/mol. The van der Waals surface area contributed by atoms with Crippen molar-refractivity contribution in [3.63, 3.8) is 0 Å². The summed E-state index contributed by atoms with van der Waals surface area (Å²) in [7, 11) is 0. The number of rotatable bonds is 3. The Morgan fingerprint density at radius 2 is 1.96 bits per heavy atom. The maximum absolute atomic E-state index is 13.9. The van der Waals surface area contributed by atoms with Crippen LogP contribution in [-0.2, 0) is 0 Å². The van der Waals surface area contributed by atoms with Crippen molar-refractivity contribution in [2.24, 2.45) is 0 Å². The van der Waals surface area contributed by atoms with Crippen molar-refractivity contribution in [2.75, 3.05) is 37.3 Å². The van der Waals surface area contributed by atoms with Crippen LogP contribution in [0, 0.1) is 5.82 Å². The minimum Gasteiger partial charge on any atom is -0.366 e. The smallest absolute Gasteiger partial charge is 0.274 e. The number of nitrogens with zero attached hydrogens (tertiary/aromatic N) is 4. The molecule has 0 N–H and O–H groups in total. The van der Waals surface area contributed by atoms with Crippen LogP contribution < -0.4 is 4.90 Å². The number of carbonyl (C=O) groups is 1. The number of anilines is 1. The van der Waals surface area contributed by atoms with E-state index in [-0.39, 0.29) is 22.4 Å². The van der Waals surface area contributed by atoms with E-state index in [1.807, 2.05) is 11.2 Å². The van der Waals surface area contributed by atoms with Crippen molar-refractivity contribution in [3.05, 3.63) is 47.0 Å². The Kier molecular flexibility index (Phi) is 5.20. The number of benzene rings is 1. The average Bonchev–Trinajstić information content (AvgIpc) is 2.62. The van der Waals surface area contributed by atoms with Crippen LogP contribution in [0.4, 0.5) is 10.1 Å². The molecule has 2 heterocycles. The van der Waals surface area contributed by atoms with E-state index in [4.69, 9.17) is 11.6 Å². The van der Waals surface area contributed by atoms with Gasteiger partial charge in [-0.15, -0.1) is 0 Å². The van der Waals surface area contributed by atoms with E-state index in [0.29, 0.717) is 37.0 Å². The summed E-state index contributed by atoms with van der Waals surface area (Å²) < 4.78 is 13.9. The molecule has 24 heavy (non-hydrogen) atoms. The Morgan fingerprint density at radius 3 is 2.62 bits per heavy atom. The third-order valence-electron chi connectivity index (χ3n) is 3.87. The lowest BCUT2D eigenvalue weighted by Gasteiger charge is -2.36. The molecule has 1 aromatic heterocycles. The maximum Gasteiger partial charge on any atom is 0.274 e. The number of hydrogen-bond donors (Lipinski definition) is 0. The lowest BCUT2D eigenvalue weighted by molar-refractivity contribution is 0.0740. The highest BCUT2D eigenvalue weighted by atomic mass is 35.5. The Balaban J connectivity index is 1.71. The Labute approximate surface area is 148 Å². The van der Waals surface area contributed by atoms with E-state index in [1.165, 1.54) is 24.0 Å². The largest absolute Gasteiger partial charge is 0.366 e. The van der Waals surface area contributed by atoms with Crippen LogP contribution in [0.1, 0.15) is 10.5 Å². The molecule has 0 atom stereocenters. The summed E-state index contributed by atoms with van der Waals surface area (Å²) in [5, 5.41) is 0.752. The second kappa shape index (κ2) is 7.36. The monoisotopic (exact) mass is 366 g/mol. The molecule has 1 fully saturated rings. The molecule has 126 valence electrons. The highest BCUT2D eigenvalue weighted by Gasteiger charge is 2.26. The minimum absolute atomic E-state index is 0.217. The number of piperazine rings is 1. The van der Waals surface area contributed by atoms with Crippen LogP contribution in [-0.4, -0.2) is 53.2 Å². The molecule has 2 aromatic rings. The first-order valence-electron chi connectivity index (χ1n) is 7.45. The molecule has 0 spiro atoms. The molecule has 1 saturated heterocycles. The highest BCUT2D eigenvalue weighted by Crippen LogP contribution is 2.22. The quantitative estimate of drug-likeness (QED) is 0.617. The number of thioether (sulfide) groups is 1. The number of carbonyl (C=O) groups excluding carboxylic acids is 1. The zero-order valence-corrected chi connectivity index (χ0v) is 14.6. The lowest BCUT2D eigenvalue weighted by atomic mass is 10.2. The molecule has 1 aromatic carbocycles. The van der Waals surface area contributed by atoms with Gasteiger partial charge in [0.15, 0.2) is 10.9 Å². The number of aromatic nitrogens is 2. The van der Waals surface area contributed by atoms with Crippen molar-refractivity contribution in [1.82, 2.24) is 14.9 Å². The molecule has 0 aliphatic carbocycles. The van der Waals surface area contributed by atoms with E-state index in [0.717, 1.165) is 0 Å². The fourth-order valence-corrected chi connectivity index (χ4v) is 3.12. The van der Waals surface area contributed by atoms with Gasteiger partial charge >= 0.3 is 0 Å². The van der Waals surface area contributed by atoms with E-state index in [1.54, 1.807) is 23.1 Å². The molecule has 0 bridgehead atoms. The summed E-state index contributed by atoms with van der Waals surface area (Å²) >= 11 is 7.42. The van der Waals surface area contributed by atoms with Gasteiger partial charge in [0, 0.05) is 26.2 Å². The molecule has 1 aliphatic rings. The van der Waals surface area contributed by atoms with Crippen molar-refractivity contribution >= 4 is 35.0 Å². The molecular weight excluding hydrogens is 351 g/mol. The molecule has 1 aliphatic heterocycles. The summed E-state index contributed by atoms with van der Waals surface area (Å²) in [6.07, 6.45) is 3.29. The number of amides is 1. The summed E-state index contributed by atoms with van der Waals surface area (Å²) in [5.41, 5.74) is 0.782. The Morgan fingerprint density at radius 1 is 1.25 bits per heavy atom. The van der Waals surface area contributed by atoms with Crippen LogP contribution in [0.3, 0.4) is 0 Å². The lowest BCUT2D eigenvalue weighted by Crippen LogP contribution is -2.49. The fraction of sp³-hybridized carbons (Fsp3) is 0.312. The molecule has 3 rings (SSSR count). The van der Waals surface area contributed by atoms with Gasteiger partial charge in [-0.05, 0) is 18.4 Å². The SMILES string of the molecule is CSc1ncc(Cl)c(C(=O)N2CCN(c3ccccc3F)CC2)n1. The molecule has 0 unspecified atom stereocenters. The average molecular weight is 367 g/mol. The van der Waals surface area contributed by atoms with Crippen molar-refractivity contribution in [1.29, 1.82) is 0 Å². The van der Waals surface area contributed by atoms with Crippen molar-refractivity contribution < 1.29 is 9.18 Å². The first kappa shape index (κ1) is 17.0. The first-order chi connectivity index (χ1) is 11.6. The van der Waals surface area contributed by atoms with Crippen LogP contribution in [0.5, 0.6) is 0 Å². The van der Waals surface area contributed by atoms with Crippen LogP contribution >= 0.6 is 23.4 Å². The molecule has 5 nitrogen and oxygen atoms in total. The summed E-state index contributed by atoms with van der Waals surface area (Å²) in [6.45, 7) is 2.10. The second-order valence-electron chi connectivity index (χ2n) is 5.28. The number of halogens is 2. The van der Waals surface area contributed by atoms with E-state index in [9.17, 15) is 9.18 Å². The number of para-hydroxylation sites is 1. The van der Waals surface area contributed by atoms with Gasteiger partial charge in [0.05, 0.1) is 16.9 Å². The molecule has 1 amide bonds. The van der Waals surface area contributed by atoms with Gasteiger partial charge in [-0.1, -0.05) is 35.5 Å². The second-order valence-corrected chi connectivity index (χ2v) is 6.46. The van der Waals surface area contributed by atoms with Gasteiger partial charge in [0.25, 0.3) is 5.91 Å². The third-order valence-corrected chi connectivity index (χ3v) is 4.71. The zero-order chi connectivity index (χ0) is 17.1. The van der Waals surface area contributed by atoms with E-state index >= 15 is 0 Å². The summed E-state index contributed by atoms with van der Waals surface area (Å²) in [4.78, 5) is 24.5. The van der Waals surface area contributed by atoms with Gasteiger partial charge in [0.1, 0.15) is 5.82 Å². The van der Waals surface area contributed by atoms with E-state index in [2.05, 4.69) is 9.97 Å². The van der Waals surface area contributed by atoms with Crippen molar-refractivity contribution in [2.45, 2.75) is 5.16 Å².